The summed E-state index contributed by atoms with van der Waals surface area (Å²) in [5.74, 6) is 0.0328. The van der Waals surface area contributed by atoms with Gasteiger partial charge in [-0.25, -0.2) is 9.78 Å². The summed E-state index contributed by atoms with van der Waals surface area (Å²) in [6.07, 6.45) is -0.629. The zero-order valence-corrected chi connectivity index (χ0v) is 14.0. The number of rotatable bonds is 5. The van der Waals surface area contributed by atoms with Crippen molar-refractivity contribution in [1.29, 1.82) is 0 Å². The lowest BCUT2D eigenvalue weighted by molar-refractivity contribution is 0.0383. The molecule has 0 unspecified atom stereocenters. The van der Waals surface area contributed by atoms with Gasteiger partial charge < -0.3 is 19.8 Å². The summed E-state index contributed by atoms with van der Waals surface area (Å²) in [4.78, 5) is 33.2. The fraction of sp³-hybridized carbons (Fsp3) is 0.438. The molecule has 1 aliphatic rings. The maximum absolute atomic E-state index is 12.5. The summed E-state index contributed by atoms with van der Waals surface area (Å²) in [5.41, 5.74) is 1.61. The number of aromatic amines is 1. The van der Waals surface area contributed by atoms with E-state index in [1.54, 1.807) is 18.2 Å². The Morgan fingerprint density at radius 2 is 2.16 bits per heavy atom. The molecule has 9 heteroatoms. The van der Waals surface area contributed by atoms with Crippen LogP contribution in [0.4, 0.5) is 10.7 Å². The van der Waals surface area contributed by atoms with E-state index < -0.39 is 6.09 Å². The van der Waals surface area contributed by atoms with Crippen LogP contribution in [0.25, 0.3) is 11.0 Å². The van der Waals surface area contributed by atoms with Crippen LogP contribution >= 0.6 is 0 Å². The number of hydrogen-bond acceptors (Lipinski definition) is 6. The summed E-state index contributed by atoms with van der Waals surface area (Å²) in [6.45, 7) is 4.56. The molecular formula is C16H21N5O4. The number of carbonyl (C=O) groups excluding carboxylic acids is 2. The van der Waals surface area contributed by atoms with Gasteiger partial charge >= 0.3 is 6.09 Å². The molecule has 2 aromatic rings. The SMILES string of the molecule is COC(=O)Nc1nc2c(C(=O)NCCN3CCOCC3)cccc2[nH]1. The normalized spacial score (nSPS) is 15.1. The lowest BCUT2D eigenvalue weighted by Gasteiger charge is -2.26. The molecule has 25 heavy (non-hydrogen) atoms. The van der Waals surface area contributed by atoms with Gasteiger partial charge in [0.25, 0.3) is 5.91 Å². The largest absolute Gasteiger partial charge is 0.453 e. The first-order chi connectivity index (χ1) is 12.2. The van der Waals surface area contributed by atoms with Crippen molar-refractivity contribution in [3.8, 4) is 0 Å². The van der Waals surface area contributed by atoms with E-state index in [1.165, 1.54) is 7.11 Å². The van der Waals surface area contributed by atoms with Crippen LogP contribution in [0.5, 0.6) is 0 Å². The second-order valence-corrected chi connectivity index (χ2v) is 5.61. The van der Waals surface area contributed by atoms with Crippen LogP contribution in [0.3, 0.4) is 0 Å². The molecule has 0 bridgehead atoms. The number of amides is 2. The molecule has 1 saturated heterocycles. The molecule has 0 aliphatic carbocycles. The minimum atomic E-state index is -0.629. The van der Waals surface area contributed by atoms with Gasteiger partial charge in [-0.15, -0.1) is 0 Å². The molecule has 3 rings (SSSR count). The Morgan fingerprint density at radius 3 is 2.92 bits per heavy atom. The first-order valence-corrected chi connectivity index (χ1v) is 8.09. The highest BCUT2D eigenvalue weighted by atomic mass is 16.5. The number of nitrogens with one attached hydrogen (secondary N) is 3. The third-order valence-electron chi connectivity index (χ3n) is 3.98. The second kappa shape index (κ2) is 7.95. The number of carbonyl (C=O) groups is 2. The summed E-state index contributed by atoms with van der Waals surface area (Å²) in [6, 6.07) is 5.25. The lowest BCUT2D eigenvalue weighted by atomic mass is 10.1. The molecule has 1 aromatic carbocycles. The first kappa shape index (κ1) is 17.2. The van der Waals surface area contributed by atoms with E-state index in [4.69, 9.17) is 4.74 Å². The fourth-order valence-corrected chi connectivity index (χ4v) is 2.67. The molecule has 3 N–H and O–H groups in total. The van der Waals surface area contributed by atoms with Crippen molar-refractivity contribution >= 4 is 29.0 Å². The van der Waals surface area contributed by atoms with Crippen LogP contribution in [0.2, 0.25) is 0 Å². The molecule has 1 fully saturated rings. The fourth-order valence-electron chi connectivity index (χ4n) is 2.67. The Kier molecular flexibility index (Phi) is 5.46. The molecule has 0 saturated carbocycles. The molecule has 1 aromatic heterocycles. The minimum Gasteiger partial charge on any atom is -0.453 e. The average Bonchev–Trinajstić information content (AvgIpc) is 3.04. The average molecular weight is 347 g/mol. The van der Waals surface area contributed by atoms with Crippen molar-refractivity contribution in [2.45, 2.75) is 0 Å². The Morgan fingerprint density at radius 1 is 1.36 bits per heavy atom. The van der Waals surface area contributed by atoms with Crippen LogP contribution in [0, 0.1) is 0 Å². The number of para-hydroxylation sites is 1. The molecule has 0 spiro atoms. The second-order valence-electron chi connectivity index (χ2n) is 5.61. The van der Waals surface area contributed by atoms with Gasteiger partial charge in [-0.05, 0) is 12.1 Å². The molecule has 1 aliphatic heterocycles. The number of fused-ring (bicyclic) bond motifs is 1. The highest BCUT2D eigenvalue weighted by Crippen LogP contribution is 2.18. The van der Waals surface area contributed by atoms with Crippen LogP contribution in [0.1, 0.15) is 10.4 Å². The Hall–Kier alpha value is -2.65. The summed E-state index contributed by atoms with van der Waals surface area (Å²) >= 11 is 0. The number of imidazole rings is 1. The van der Waals surface area contributed by atoms with Crippen molar-refractivity contribution in [1.82, 2.24) is 20.2 Å². The van der Waals surface area contributed by atoms with Gasteiger partial charge in [0, 0.05) is 26.2 Å². The Bertz CT molecular complexity index is 754. The van der Waals surface area contributed by atoms with Crippen molar-refractivity contribution in [3.63, 3.8) is 0 Å². The van der Waals surface area contributed by atoms with Crippen molar-refractivity contribution in [2.24, 2.45) is 0 Å². The number of aromatic nitrogens is 2. The van der Waals surface area contributed by atoms with E-state index in [2.05, 4.69) is 30.2 Å². The molecule has 0 radical (unpaired) electrons. The highest BCUT2D eigenvalue weighted by Gasteiger charge is 2.15. The Labute approximate surface area is 144 Å². The van der Waals surface area contributed by atoms with E-state index >= 15 is 0 Å². The number of morpholine rings is 1. The van der Waals surface area contributed by atoms with Gasteiger partial charge in [0.05, 0.1) is 31.4 Å². The van der Waals surface area contributed by atoms with E-state index in [-0.39, 0.29) is 11.9 Å². The number of hydrogen-bond donors (Lipinski definition) is 3. The monoisotopic (exact) mass is 347 g/mol. The molecule has 0 atom stereocenters. The van der Waals surface area contributed by atoms with Crippen LogP contribution in [-0.2, 0) is 9.47 Å². The predicted octanol–water partition coefficient (Wildman–Crippen LogP) is 0.803. The number of anilines is 1. The smallest absolute Gasteiger partial charge is 0.413 e. The summed E-state index contributed by atoms with van der Waals surface area (Å²) < 4.78 is 9.84. The molecule has 134 valence electrons. The van der Waals surface area contributed by atoms with Gasteiger partial charge in [-0.3, -0.25) is 15.0 Å². The standard InChI is InChI=1S/C16H21N5O4/c1-24-16(23)20-15-18-12-4-2-3-11(13(12)19-15)14(22)17-5-6-21-7-9-25-10-8-21/h2-4H,5-10H2,1H3,(H,17,22)(H2,18,19,20,23). The maximum Gasteiger partial charge on any atom is 0.413 e. The van der Waals surface area contributed by atoms with Gasteiger partial charge in [-0.1, -0.05) is 6.07 Å². The van der Waals surface area contributed by atoms with Crippen LogP contribution in [0.15, 0.2) is 18.2 Å². The number of nitrogens with zero attached hydrogens (tertiary/aromatic N) is 2. The predicted molar refractivity (Wildman–Crippen MR) is 91.7 cm³/mol. The van der Waals surface area contributed by atoms with Gasteiger partial charge in [0.2, 0.25) is 5.95 Å². The van der Waals surface area contributed by atoms with Gasteiger partial charge in [-0.2, -0.15) is 0 Å². The van der Waals surface area contributed by atoms with E-state index in [1.807, 2.05) is 0 Å². The maximum atomic E-state index is 12.5. The third kappa shape index (κ3) is 4.25. The van der Waals surface area contributed by atoms with Crippen molar-refractivity contribution < 1.29 is 19.1 Å². The zero-order chi connectivity index (χ0) is 17.6. The highest BCUT2D eigenvalue weighted by molar-refractivity contribution is 6.05. The first-order valence-electron chi connectivity index (χ1n) is 8.09. The van der Waals surface area contributed by atoms with E-state index in [0.29, 0.717) is 23.1 Å². The van der Waals surface area contributed by atoms with Crippen LogP contribution in [-0.4, -0.2) is 73.4 Å². The van der Waals surface area contributed by atoms with Crippen molar-refractivity contribution in [3.05, 3.63) is 23.8 Å². The van der Waals surface area contributed by atoms with E-state index in [0.717, 1.165) is 32.8 Å². The topological polar surface area (TPSA) is 109 Å². The minimum absolute atomic E-state index is 0.199. The molecule has 2 amide bonds. The molecule has 2 heterocycles. The van der Waals surface area contributed by atoms with Crippen LogP contribution < -0.4 is 10.6 Å². The van der Waals surface area contributed by atoms with Gasteiger partial charge in [0.15, 0.2) is 0 Å². The molecule has 9 nitrogen and oxygen atoms in total. The molecular weight excluding hydrogens is 326 g/mol. The zero-order valence-electron chi connectivity index (χ0n) is 14.0. The summed E-state index contributed by atoms with van der Waals surface area (Å²) in [5, 5.41) is 5.37. The number of benzene rings is 1. The third-order valence-corrected chi connectivity index (χ3v) is 3.98. The quantitative estimate of drug-likeness (QED) is 0.738. The number of methoxy groups -OCH3 is 1. The summed E-state index contributed by atoms with van der Waals surface area (Å²) in [7, 11) is 1.27. The lowest BCUT2D eigenvalue weighted by Crippen LogP contribution is -2.41. The number of ether oxygens (including phenoxy) is 2. The Balaban J connectivity index is 1.64. The van der Waals surface area contributed by atoms with Gasteiger partial charge in [0.1, 0.15) is 5.52 Å². The number of H-pyrrole nitrogens is 1. The van der Waals surface area contributed by atoms with Crippen molar-refractivity contribution in [2.75, 3.05) is 51.8 Å². The van der Waals surface area contributed by atoms with E-state index in [9.17, 15) is 9.59 Å².